The highest BCUT2D eigenvalue weighted by Gasteiger charge is 2.42. The van der Waals surface area contributed by atoms with Crippen LogP contribution in [0.5, 0.6) is 5.75 Å². The highest BCUT2D eigenvalue weighted by Crippen LogP contribution is 2.34. The molecule has 0 aromatic heterocycles. The van der Waals surface area contributed by atoms with Gasteiger partial charge in [-0.2, -0.15) is 0 Å². The summed E-state index contributed by atoms with van der Waals surface area (Å²) in [5, 5.41) is 3.40. The summed E-state index contributed by atoms with van der Waals surface area (Å²) in [4.78, 5) is 0. The molecule has 1 aromatic carbocycles. The van der Waals surface area contributed by atoms with E-state index in [1.54, 1.807) is 7.11 Å². The Morgan fingerprint density at radius 2 is 2.17 bits per heavy atom. The maximum atomic E-state index is 5.98. The first-order chi connectivity index (χ1) is 8.65. The van der Waals surface area contributed by atoms with Crippen molar-refractivity contribution in [3.63, 3.8) is 0 Å². The summed E-state index contributed by atoms with van der Waals surface area (Å²) < 4.78 is 13.5. The van der Waals surface area contributed by atoms with E-state index in [1.165, 1.54) is 0 Å². The van der Waals surface area contributed by atoms with Gasteiger partial charge >= 0.3 is 0 Å². The summed E-state index contributed by atoms with van der Waals surface area (Å²) in [7, 11) is 1.74. The minimum absolute atomic E-state index is 0.122. The topological polar surface area (TPSA) is 30.5 Å². The number of rotatable bonds is 5. The van der Waals surface area contributed by atoms with Crippen LogP contribution in [0.15, 0.2) is 27.1 Å². The molecule has 3 unspecified atom stereocenters. The van der Waals surface area contributed by atoms with Crippen molar-refractivity contribution in [2.75, 3.05) is 13.7 Å². The van der Waals surface area contributed by atoms with Crippen molar-refractivity contribution in [3.8, 4) is 5.75 Å². The van der Waals surface area contributed by atoms with Crippen LogP contribution >= 0.6 is 31.9 Å². The Kier molecular flexibility index (Phi) is 5.06. The highest BCUT2D eigenvalue weighted by atomic mass is 79.9. The van der Waals surface area contributed by atoms with E-state index >= 15 is 0 Å². The summed E-state index contributed by atoms with van der Waals surface area (Å²) in [6.07, 6.45) is 1.23. The van der Waals surface area contributed by atoms with Gasteiger partial charge in [-0.15, -0.1) is 0 Å². The molecule has 18 heavy (non-hydrogen) atoms. The van der Waals surface area contributed by atoms with Gasteiger partial charge in [0.25, 0.3) is 0 Å². The number of methoxy groups -OCH3 is 1. The zero-order valence-corrected chi connectivity index (χ0v) is 13.6. The molecule has 0 heterocycles. The van der Waals surface area contributed by atoms with Crippen molar-refractivity contribution < 1.29 is 9.47 Å². The van der Waals surface area contributed by atoms with Gasteiger partial charge in [0.2, 0.25) is 0 Å². The third-order valence-electron chi connectivity index (χ3n) is 3.16. The van der Waals surface area contributed by atoms with E-state index in [4.69, 9.17) is 9.47 Å². The molecule has 1 fully saturated rings. The lowest BCUT2D eigenvalue weighted by Crippen LogP contribution is -2.60. The van der Waals surface area contributed by atoms with Gasteiger partial charge in [-0.1, -0.05) is 22.9 Å². The van der Waals surface area contributed by atoms with Gasteiger partial charge in [-0.3, -0.25) is 0 Å². The van der Waals surface area contributed by atoms with Crippen LogP contribution in [-0.4, -0.2) is 31.9 Å². The Morgan fingerprint density at radius 3 is 2.78 bits per heavy atom. The zero-order chi connectivity index (χ0) is 13.1. The first-order valence-electron chi connectivity index (χ1n) is 6.03. The lowest BCUT2D eigenvalue weighted by molar-refractivity contribution is -0.0886. The summed E-state index contributed by atoms with van der Waals surface area (Å²) in [5.74, 6) is 0.861. The normalized spacial score (nSPS) is 26.8. The molecule has 0 spiro atoms. The smallest absolute Gasteiger partial charge is 0.134 e. The van der Waals surface area contributed by atoms with Gasteiger partial charge in [0.05, 0.1) is 4.47 Å². The van der Waals surface area contributed by atoms with Crippen LogP contribution in [0.1, 0.15) is 13.3 Å². The van der Waals surface area contributed by atoms with Gasteiger partial charge in [-0.05, 0) is 40.7 Å². The zero-order valence-electron chi connectivity index (χ0n) is 10.5. The Bertz CT molecular complexity index is 414. The maximum Gasteiger partial charge on any atom is 0.134 e. The Balaban J connectivity index is 1.98. The number of hydrogen-bond donors (Lipinski definition) is 1. The minimum Gasteiger partial charge on any atom is -0.486 e. The van der Waals surface area contributed by atoms with E-state index in [0.717, 1.165) is 27.7 Å². The molecular weight excluding hydrogens is 362 g/mol. The number of benzene rings is 1. The largest absolute Gasteiger partial charge is 0.486 e. The number of halogens is 2. The van der Waals surface area contributed by atoms with Gasteiger partial charge in [0, 0.05) is 24.0 Å². The molecule has 1 saturated carbocycles. The Hall–Kier alpha value is -0.100. The first-order valence-corrected chi connectivity index (χ1v) is 7.62. The lowest BCUT2D eigenvalue weighted by atomic mass is 9.85. The monoisotopic (exact) mass is 377 g/mol. The molecule has 3 nitrogen and oxygen atoms in total. The van der Waals surface area contributed by atoms with E-state index < -0.39 is 0 Å². The minimum atomic E-state index is 0.122. The Morgan fingerprint density at radius 1 is 1.39 bits per heavy atom. The van der Waals surface area contributed by atoms with E-state index in [0.29, 0.717) is 6.04 Å². The second-order valence-corrected chi connectivity index (χ2v) is 6.10. The van der Waals surface area contributed by atoms with E-state index in [9.17, 15) is 0 Å². The third-order valence-corrected chi connectivity index (χ3v) is 4.27. The fourth-order valence-electron chi connectivity index (χ4n) is 2.21. The predicted octanol–water partition coefficient (Wildman–Crippen LogP) is 3.36. The van der Waals surface area contributed by atoms with Crippen molar-refractivity contribution in [2.45, 2.75) is 31.6 Å². The summed E-state index contributed by atoms with van der Waals surface area (Å²) in [6, 6.07) is 6.32. The Labute approximate surface area is 124 Å². The second-order valence-electron chi connectivity index (χ2n) is 4.33. The van der Waals surface area contributed by atoms with Crippen molar-refractivity contribution in [3.05, 3.63) is 27.1 Å². The second kappa shape index (κ2) is 6.37. The number of nitrogens with one attached hydrogen (secondary N) is 1. The number of ether oxygens (including phenoxy) is 2. The van der Waals surface area contributed by atoms with Crippen molar-refractivity contribution in [1.29, 1.82) is 0 Å². The number of likely N-dealkylation sites (N-methyl/N-ethyl adjacent to an activating group) is 1. The SMILES string of the molecule is CCNC1CC(Oc2ccc(Br)cc2Br)C1OC. The maximum absolute atomic E-state index is 5.98. The highest BCUT2D eigenvalue weighted by molar-refractivity contribution is 9.11. The molecule has 0 radical (unpaired) electrons. The van der Waals surface area contributed by atoms with Crippen LogP contribution in [-0.2, 0) is 4.74 Å². The van der Waals surface area contributed by atoms with E-state index in [1.807, 2.05) is 18.2 Å². The van der Waals surface area contributed by atoms with Crippen molar-refractivity contribution >= 4 is 31.9 Å². The molecule has 100 valence electrons. The molecule has 1 aliphatic carbocycles. The van der Waals surface area contributed by atoms with Gasteiger partial charge in [-0.25, -0.2) is 0 Å². The molecule has 0 aliphatic heterocycles. The molecule has 1 aromatic rings. The fraction of sp³-hybridized carbons (Fsp3) is 0.538. The van der Waals surface area contributed by atoms with Crippen molar-refractivity contribution in [2.24, 2.45) is 0 Å². The molecule has 0 amide bonds. The van der Waals surface area contributed by atoms with Crippen LogP contribution in [0.4, 0.5) is 0 Å². The molecule has 5 heteroatoms. The summed E-state index contributed by atoms with van der Waals surface area (Å²) in [6.45, 7) is 3.06. The van der Waals surface area contributed by atoms with Gasteiger partial charge in [0.1, 0.15) is 18.0 Å². The van der Waals surface area contributed by atoms with Gasteiger partial charge in [0.15, 0.2) is 0 Å². The molecule has 0 saturated heterocycles. The summed E-state index contributed by atoms with van der Waals surface area (Å²) in [5.41, 5.74) is 0. The van der Waals surface area contributed by atoms with E-state index in [2.05, 4.69) is 44.1 Å². The molecule has 3 atom stereocenters. The van der Waals surface area contributed by atoms with Crippen molar-refractivity contribution in [1.82, 2.24) is 5.32 Å². The first kappa shape index (κ1) is 14.3. The van der Waals surface area contributed by atoms with Gasteiger partial charge < -0.3 is 14.8 Å². The molecule has 2 rings (SSSR count). The average Bonchev–Trinajstić information content (AvgIpc) is 2.31. The average molecular weight is 379 g/mol. The van der Waals surface area contributed by atoms with Crippen LogP contribution < -0.4 is 10.1 Å². The molecular formula is C13H17Br2NO2. The van der Waals surface area contributed by atoms with Crippen LogP contribution in [0.25, 0.3) is 0 Å². The predicted molar refractivity (Wildman–Crippen MR) is 79.1 cm³/mol. The lowest BCUT2D eigenvalue weighted by Gasteiger charge is -2.43. The molecule has 1 N–H and O–H groups in total. The quantitative estimate of drug-likeness (QED) is 0.852. The van der Waals surface area contributed by atoms with E-state index in [-0.39, 0.29) is 12.2 Å². The molecule has 1 aliphatic rings. The summed E-state index contributed by atoms with van der Waals surface area (Å²) >= 11 is 6.93. The third kappa shape index (κ3) is 3.07. The van der Waals surface area contributed by atoms with Crippen LogP contribution in [0.2, 0.25) is 0 Å². The molecule has 0 bridgehead atoms. The van der Waals surface area contributed by atoms with Crippen LogP contribution in [0.3, 0.4) is 0 Å². The fourth-order valence-corrected chi connectivity index (χ4v) is 3.35. The standard InChI is InChI=1S/C13H17Br2NO2/c1-3-16-10-7-12(13(10)17-2)18-11-5-4-8(14)6-9(11)15/h4-6,10,12-13,16H,3,7H2,1-2H3. The number of hydrogen-bond acceptors (Lipinski definition) is 3. The van der Waals surface area contributed by atoms with Crippen LogP contribution in [0, 0.1) is 0 Å².